The largest absolute Gasteiger partial charge is 0.486 e. The normalized spacial score (nSPS) is 10.9. The Balaban J connectivity index is 1.89. The van der Waals surface area contributed by atoms with Crippen LogP contribution in [0.25, 0.3) is 6.08 Å². The van der Waals surface area contributed by atoms with E-state index in [0.717, 1.165) is 6.08 Å². The Kier molecular flexibility index (Phi) is 5.05. The lowest BCUT2D eigenvalue weighted by molar-refractivity contribution is -0.131. The molecule has 0 bridgehead atoms. The quantitative estimate of drug-likeness (QED) is 0.778. The van der Waals surface area contributed by atoms with Crippen LogP contribution in [0.2, 0.25) is 0 Å². The monoisotopic (exact) mass is 290 g/mol. The topological polar surface area (TPSA) is 94.7 Å². The van der Waals surface area contributed by atoms with Crippen LogP contribution < -0.4 is 4.74 Å². The van der Waals surface area contributed by atoms with Crippen LogP contribution >= 0.6 is 0 Å². The summed E-state index contributed by atoms with van der Waals surface area (Å²) < 4.78 is 15.5. The molecule has 7 heteroatoms. The van der Waals surface area contributed by atoms with Crippen molar-refractivity contribution in [3.05, 3.63) is 47.6 Å². The van der Waals surface area contributed by atoms with E-state index in [1.807, 2.05) is 0 Å². The summed E-state index contributed by atoms with van der Waals surface area (Å²) in [5, 5.41) is 12.4. The number of carboxylic acids is 1. The Morgan fingerprint density at radius 3 is 2.95 bits per heavy atom. The average Bonchev–Trinajstić information content (AvgIpc) is 2.92. The molecule has 7 nitrogen and oxygen atoms in total. The van der Waals surface area contributed by atoms with Gasteiger partial charge < -0.3 is 19.1 Å². The molecular formula is C14H14N2O5. The first kappa shape index (κ1) is 14.7. The Bertz CT molecular complexity index is 619. The highest BCUT2D eigenvalue weighted by atomic mass is 16.5. The third-order valence-corrected chi connectivity index (χ3v) is 2.44. The van der Waals surface area contributed by atoms with E-state index in [1.54, 1.807) is 25.3 Å². The maximum Gasteiger partial charge on any atom is 0.328 e. The fraction of sp³-hybridized carbons (Fsp3) is 0.214. The highest BCUT2D eigenvalue weighted by Crippen LogP contribution is 2.13. The molecule has 0 aliphatic heterocycles. The molecular weight excluding hydrogens is 276 g/mol. The lowest BCUT2D eigenvalue weighted by Crippen LogP contribution is -1.96. The molecule has 2 aromatic rings. The van der Waals surface area contributed by atoms with Gasteiger partial charge in [-0.15, -0.1) is 0 Å². The molecule has 0 aliphatic carbocycles. The molecule has 0 unspecified atom stereocenters. The van der Waals surface area contributed by atoms with E-state index in [2.05, 4.69) is 10.1 Å². The van der Waals surface area contributed by atoms with Gasteiger partial charge in [-0.1, -0.05) is 5.16 Å². The number of carboxylic acid groups (broad SMARTS) is 1. The number of ether oxygens (including phenoxy) is 2. The van der Waals surface area contributed by atoms with Crippen molar-refractivity contribution >= 4 is 12.0 Å². The fourth-order valence-corrected chi connectivity index (χ4v) is 1.52. The highest BCUT2D eigenvalue weighted by Gasteiger charge is 2.04. The number of aliphatic carboxylic acids is 1. The SMILES string of the molecule is COCc1cc(COc2ccc(C=CC(=O)O)nc2)no1. The molecule has 0 radical (unpaired) electrons. The Labute approximate surface area is 120 Å². The predicted molar refractivity (Wildman–Crippen MR) is 72.5 cm³/mol. The van der Waals surface area contributed by atoms with Crippen molar-refractivity contribution in [3.8, 4) is 5.75 Å². The number of hydrogen-bond acceptors (Lipinski definition) is 6. The minimum Gasteiger partial charge on any atom is -0.486 e. The lowest BCUT2D eigenvalue weighted by Gasteiger charge is -2.03. The summed E-state index contributed by atoms with van der Waals surface area (Å²) in [5.74, 6) is 0.164. The number of hydrogen-bond donors (Lipinski definition) is 1. The van der Waals surface area contributed by atoms with Crippen LogP contribution in [0.4, 0.5) is 0 Å². The third kappa shape index (κ3) is 4.73. The molecule has 0 saturated heterocycles. The maximum atomic E-state index is 10.4. The molecule has 0 saturated carbocycles. The molecule has 110 valence electrons. The van der Waals surface area contributed by atoms with E-state index in [9.17, 15) is 4.79 Å². The van der Waals surface area contributed by atoms with Crippen LogP contribution in [-0.4, -0.2) is 28.3 Å². The van der Waals surface area contributed by atoms with Crippen molar-refractivity contribution < 1.29 is 23.9 Å². The first-order valence-electron chi connectivity index (χ1n) is 6.10. The van der Waals surface area contributed by atoms with Gasteiger partial charge >= 0.3 is 5.97 Å². The van der Waals surface area contributed by atoms with Crippen molar-refractivity contribution in [2.75, 3.05) is 7.11 Å². The molecule has 0 aromatic carbocycles. The van der Waals surface area contributed by atoms with E-state index in [0.29, 0.717) is 29.5 Å². The molecule has 0 aliphatic rings. The Morgan fingerprint density at radius 2 is 2.29 bits per heavy atom. The lowest BCUT2D eigenvalue weighted by atomic mass is 10.3. The minimum atomic E-state index is -1.02. The van der Waals surface area contributed by atoms with Crippen molar-refractivity contribution in [2.45, 2.75) is 13.2 Å². The van der Waals surface area contributed by atoms with E-state index in [4.69, 9.17) is 19.1 Å². The molecule has 1 N–H and O–H groups in total. The van der Waals surface area contributed by atoms with Crippen LogP contribution in [0.5, 0.6) is 5.75 Å². The second-order valence-corrected chi connectivity index (χ2v) is 4.10. The minimum absolute atomic E-state index is 0.249. The summed E-state index contributed by atoms with van der Waals surface area (Å²) in [5.41, 5.74) is 1.19. The van der Waals surface area contributed by atoms with Crippen LogP contribution in [0.15, 0.2) is 35.0 Å². The summed E-state index contributed by atoms with van der Waals surface area (Å²) in [7, 11) is 1.57. The summed E-state index contributed by atoms with van der Waals surface area (Å²) in [4.78, 5) is 14.4. The van der Waals surface area contributed by atoms with Gasteiger partial charge in [0.2, 0.25) is 0 Å². The van der Waals surface area contributed by atoms with Gasteiger partial charge in [-0.05, 0) is 18.2 Å². The van der Waals surface area contributed by atoms with Crippen LogP contribution in [0.1, 0.15) is 17.1 Å². The number of methoxy groups -OCH3 is 1. The van der Waals surface area contributed by atoms with Gasteiger partial charge in [0.25, 0.3) is 0 Å². The second-order valence-electron chi connectivity index (χ2n) is 4.10. The molecule has 2 aromatic heterocycles. The predicted octanol–water partition coefficient (Wildman–Crippen LogP) is 1.89. The maximum absolute atomic E-state index is 10.4. The molecule has 2 heterocycles. The molecule has 0 spiro atoms. The third-order valence-electron chi connectivity index (χ3n) is 2.44. The zero-order chi connectivity index (χ0) is 15.1. The van der Waals surface area contributed by atoms with Crippen molar-refractivity contribution in [1.82, 2.24) is 10.1 Å². The van der Waals surface area contributed by atoms with Gasteiger partial charge in [-0.2, -0.15) is 0 Å². The zero-order valence-electron chi connectivity index (χ0n) is 11.4. The summed E-state index contributed by atoms with van der Waals surface area (Å²) in [6.07, 6.45) is 3.94. The zero-order valence-corrected chi connectivity index (χ0v) is 11.4. The first-order valence-corrected chi connectivity index (χ1v) is 6.10. The second kappa shape index (κ2) is 7.20. The van der Waals surface area contributed by atoms with E-state index < -0.39 is 5.97 Å². The smallest absolute Gasteiger partial charge is 0.328 e. The van der Waals surface area contributed by atoms with Crippen LogP contribution in [0, 0.1) is 0 Å². The number of nitrogens with zero attached hydrogens (tertiary/aromatic N) is 2. The first-order chi connectivity index (χ1) is 10.2. The molecule has 0 fully saturated rings. The van der Waals surface area contributed by atoms with Crippen molar-refractivity contribution in [3.63, 3.8) is 0 Å². The van der Waals surface area contributed by atoms with Gasteiger partial charge in [0.05, 0.1) is 11.9 Å². The average molecular weight is 290 g/mol. The van der Waals surface area contributed by atoms with E-state index in [1.165, 1.54) is 12.3 Å². The molecule has 0 atom stereocenters. The van der Waals surface area contributed by atoms with Crippen LogP contribution in [-0.2, 0) is 22.7 Å². The number of aromatic nitrogens is 2. The van der Waals surface area contributed by atoms with Crippen molar-refractivity contribution in [2.24, 2.45) is 0 Å². The molecule has 2 rings (SSSR count). The molecule has 21 heavy (non-hydrogen) atoms. The van der Waals surface area contributed by atoms with Gasteiger partial charge in [-0.25, -0.2) is 4.79 Å². The van der Waals surface area contributed by atoms with Gasteiger partial charge in [-0.3, -0.25) is 4.98 Å². The highest BCUT2D eigenvalue weighted by molar-refractivity contribution is 5.84. The number of rotatable bonds is 7. The van der Waals surface area contributed by atoms with E-state index >= 15 is 0 Å². The number of pyridine rings is 1. The van der Waals surface area contributed by atoms with Gasteiger partial charge in [0.15, 0.2) is 5.76 Å². The van der Waals surface area contributed by atoms with Crippen LogP contribution in [0.3, 0.4) is 0 Å². The summed E-state index contributed by atoms with van der Waals surface area (Å²) >= 11 is 0. The van der Waals surface area contributed by atoms with E-state index in [-0.39, 0.29) is 6.61 Å². The Morgan fingerprint density at radius 1 is 1.43 bits per heavy atom. The number of carbonyl (C=O) groups is 1. The van der Waals surface area contributed by atoms with Crippen molar-refractivity contribution in [1.29, 1.82) is 0 Å². The fourth-order valence-electron chi connectivity index (χ4n) is 1.52. The van der Waals surface area contributed by atoms with Gasteiger partial charge in [0, 0.05) is 19.3 Å². The standard InChI is InChI=1S/C14H14N2O5/c1-19-9-13-6-11(16-21-13)8-20-12-4-2-10(15-7-12)3-5-14(17)18/h2-7H,8-9H2,1H3,(H,17,18). The Hall–Kier alpha value is -2.67. The summed E-state index contributed by atoms with van der Waals surface area (Å²) in [6.45, 7) is 0.609. The van der Waals surface area contributed by atoms with Gasteiger partial charge in [0.1, 0.15) is 24.7 Å². The molecule has 0 amide bonds. The summed E-state index contributed by atoms with van der Waals surface area (Å²) in [6, 6.07) is 5.11.